The van der Waals surface area contributed by atoms with Gasteiger partial charge >= 0.3 is 0 Å². The molecule has 3 aromatic carbocycles. The van der Waals surface area contributed by atoms with Gasteiger partial charge in [-0.3, -0.25) is 4.79 Å². The highest BCUT2D eigenvalue weighted by atomic mass is 79.9. The summed E-state index contributed by atoms with van der Waals surface area (Å²) < 4.78 is 0.957. The summed E-state index contributed by atoms with van der Waals surface area (Å²) in [7, 11) is 0. The number of nitrogen functional groups attached to an aromatic ring is 1. The van der Waals surface area contributed by atoms with Crippen LogP contribution in [0.3, 0.4) is 0 Å². The lowest BCUT2D eigenvalue weighted by Gasteiger charge is -2.09. The number of anilines is 1. The van der Waals surface area contributed by atoms with Gasteiger partial charge in [0.05, 0.1) is 0 Å². The zero-order valence-corrected chi connectivity index (χ0v) is 13.3. The molecule has 2 nitrogen and oxygen atoms in total. The number of nitrogens with two attached hydrogens (primary N) is 1. The Hall–Kier alpha value is -1.84. The monoisotopic (exact) mass is 359 g/mol. The van der Waals surface area contributed by atoms with Gasteiger partial charge in [0.15, 0.2) is 5.78 Å². The highest BCUT2D eigenvalue weighted by Gasteiger charge is 2.16. The van der Waals surface area contributed by atoms with Gasteiger partial charge in [0.25, 0.3) is 0 Å². The number of ketones is 1. The van der Waals surface area contributed by atoms with Crippen molar-refractivity contribution in [3.05, 3.63) is 75.2 Å². The summed E-state index contributed by atoms with van der Waals surface area (Å²) in [6.45, 7) is 0. The van der Waals surface area contributed by atoms with Gasteiger partial charge in [-0.2, -0.15) is 0 Å². The molecule has 0 radical (unpaired) electrons. The number of halogens is 2. The van der Waals surface area contributed by atoms with Gasteiger partial charge in [-0.25, -0.2) is 0 Å². The van der Waals surface area contributed by atoms with Crippen LogP contribution in [0.5, 0.6) is 0 Å². The standard InChI is InChI=1S/C17H11BrClNO/c18-15-8-7-13(11-3-1-2-4-12(11)15)17(21)14-6-5-10(19)9-16(14)20/h1-9H,20H2. The van der Waals surface area contributed by atoms with E-state index in [0.29, 0.717) is 21.8 Å². The fraction of sp³-hybridized carbons (Fsp3) is 0. The molecule has 2 N–H and O–H groups in total. The van der Waals surface area contributed by atoms with E-state index in [1.165, 1.54) is 0 Å². The molecule has 0 aromatic heterocycles. The van der Waals surface area contributed by atoms with Gasteiger partial charge in [0.2, 0.25) is 0 Å². The molecular weight excluding hydrogens is 350 g/mol. The Morgan fingerprint density at radius 1 is 0.952 bits per heavy atom. The summed E-state index contributed by atoms with van der Waals surface area (Å²) in [6.07, 6.45) is 0. The molecule has 0 spiro atoms. The first kappa shape index (κ1) is 14.1. The van der Waals surface area contributed by atoms with Crippen molar-refractivity contribution < 1.29 is 4.79 Å². The summed E-state index contributed by atoms with van der Waals surface area (Å²) in [4.78, 5) is 12.8. The first-order chi connectivity index (χ1) is 10.1. The Kier molecular flexibility index (Phi) is 3.70. The minimum absolute atomic E-state index is 0.104. The predicted molar refractivity (Wildman–Crippen MR) is 90.9 cm³/mol. The van der Waals surface area contributed by atoms with Crippen molar-refractivity contribution in [1.82, 2.24) is 0 Å². The van der Waals surface area contributed by atoms with E-state index >= 15 is 0 Å². The lowest BCUT2D eigenvalue weighted by molar-refractivity contribution is 0.104. The van der Waals surface area contributed by atoms with Crippen LogP contribution in [0.25, 0.3) is 10.8 Å². The lowest BCUT2D eigenvalue weighted by atomic mass is 9.96. The van der Waals surface area contributed by atoms with Crippen LogP contribution in [0.15, 0.2) is 59.1 Å². The van der Waals surface area contributed by atoms with Crippen molar-refractivity contribution >= 4 is 49.8 Å². The van der Waals surface area contributed by atoms with Gasteiger partial charge in [-0.1, -0.05) is 51.8 Å². The van der Waals surface area contributed by atoms with Crippen LogP contribution < -0.4 is 5.73 Å². The van der Waals surface area contributed by atoms with E-state index in [1.54, 1.807) is 18.2 Å². The molecule has 104 valence electrons. The summed E-state index contributed by atoms with van der Waals surface area (Å²) in [5.41, 5.74) is 7.40. The van der Waals surface area contributed by atoms with Crippen molar-refractivity contribution in [2.24, 2.45) is 0 Å². The number of hydrogen-bond donors (Lipinski definition) is 1. The number of rotatable bonds is 2. The average molecular weight is 361 g/mol. The van der Waals surface area contributed by atoms with Gasteiger partial charge in [0, 0.05) is 26.3 Å². The highest BCUT2D eigenvalue weighted by molar-refractivity contribution is 9.10. The highest BCUT2D eigenvalue weighted by Crippen LogP contribution is 2.29. The molecule has 0 amide bonds. The quantitative estimate of drug-likeness (QED) is 0.512. The van der Waals surface area contributed by atoms with E-state index in [9.17, 15) is 4.79 Å². The summed E-state index contributed by atoms with van der Waals surface area (Å²) >= 11 is 9.39. The molecule has 21 heavy (non-hydrogen) atoms. The second-order valence-electron chi connectivity index (χ2n) is 4.70. The predicted octanol–water partition coefficient (Wildman–Crippen LogP) is 5.07. The summed E-state index contributed by atoms with van der Waals surface area (Å²) in [6, 6.07) is 16.4. The first-order valence-electron chi connectivity index (χ1n) is 6.35. The third-order valence-corrected chi connectivity index (χ3v) is 4.30. The fourth-order valence-electron chi connectivity index (χ4n) is 2.35. The molecule has 3 rings (SSSR count). The number of carbonyl (C=O) groups excluding carboxylic acids is 1. The molecule has 0 bridgehead atoms. The Morgan fingerprint density at radius 3 is 2.33 bits per heavy atom. The third kappa shape index (κ3) is 2.55. The third-order valence-electron chi connectivity index (χ3n) is 3.37. The van der Waals surface area contributed by atoms with Crippen LogP contribution in [0.2, 0.25) is 5.02 Å². The number of carbonyl (C=O) groups is 1. The van der Waals surface area contributed by atoms with Crippen molar-refractivity contribution in [1.29, 1.82) is 0 Å². The van der Waals surface area contributed by atoms with Crippen molar-refractivity contribution in [3.63, 3.8) is 0 Å². The van der Waals surface area contributed by atoms with E-state index < -0.39 is 0 Å². The summed E-state index contributed by atoms with van der Waals surface area (Å²) in [5, 5.41) is 2.41. The smallest absolute Gasteiger partial charge is 0.195 e. The lowest BCUT2D eigenvalue weighted by Crippen LogP contribution is -2.06. The Bertz CT molecular complexity index is 861. The molecule has 0 aliphatic carbocycles. The minimum Gasteiger partial charge on any atom is -0.398 e. The van der Waals surface area contributed by atoms with Crippen molar-refractivity contribution in [2.75, 3.05) is 5.73 Å². The molecule has 0 unspecified atom stereocenters. The van der Waals surface area contributed by atoms with Gasteiger partial charge in [0.1, 0.15) is 0 Å². The topological polar surface area (TPSA) is 43.1 Å². The Balaban J connectivity index is 2.21. The maximum atomic E-state index is 12.8. The van der Waals surface area contributed by atoms with Gasteiger partial charge in [-0.05, 0) is 41.1 Å². The van der Waals surface area contributed by atoms with E-state index in [1.807, 2.05) is 36.4 Å². The first-order valence-corrected chi connectivity index (χ1v) is 7.52. The van der Waals surface area contributed by atoms with E-state index in [0.717, 1.165) is 15.2 Å². The van der Waals surface area contributed by atoms with Crippen LogP contribution in [0.1, 0.15) is 15.9 Å². The molecule has 3 aromatic rings. The maximum Gasteiger partial charge on any atom is 0.195 e. The van der Waals surface area contributed by atoms with Crippen LogP contribution in [0, 0.1) is 0 Å². The minimum atomic E-state index is -0.104. The molecule has 0 saturated carbocycles. The fourth-order valence-corrected chi connectivity index (χ4v) is 3.00. The van der Waals surface area contributed by atoms with Crippen molar-refractivity contribution in [2.45, 2.75) is 0 Å². The molecule has 0 saturated heterocycles. The SMILES string of the molecule is Nc1cc(Cl)ccc1C(=O)c1ccc(Br)c2ccccc12. The largest absolute Gasteiger partial charge is 0.398 e. The van der Waals surface area contributed by atoms with E-state index in [-0.39, 0.29) is 5.78 Å². The Morgan fingerprint density at radius 2 is 1.62 bits per heavy atom. The zero-order chi connectivity index (χ0) is 15.0. The molecule has 4 heteroatoms. The molecule has 0 heterocycles. The van der Waals surface area contributed by atoms with Crippen LogP contribution in [-0.2, 0) is 0 Å². The Labute approximate surface area is 135 Å². The van der Waals surface area contributed by atoms with Crippen LogP contribution in [0.4, 0.5) is 5.69 Å². The van der Waals surface area contributed by atoms with Gasteiger partial charge < -0.3 is 5.73 Å². The molecule has 0 aliphatic rings. The second kappa shape index (κ2) is 5.51. The maximum absolute atomic E-state index is 12.8. The van der Waals surface area contributed by atoms with E-state index in [4.69, 9.17) is 17.3 Å². The molecule has 0 fully saturated rings. The molecular formula is C17H11BrClNO. The molecule has 0 aliphatic heterocycles. The van der Waals surface area contributed by atoms with Crippen molar-refractivity contribution in [3.8, 4) is 0 Å². The zero-order valence-electron chi connectivity index (χ0n) is 10.9. The summed E-state index contributed by atoms with van der Waals surface area (Å²) in [5.74, 6) is -0.104. The average Bonchev–Trinajstić information content (AvgIpc) is 2.47. The van der Waals surface area contributed by atoms with Crippen LogP contribution in [-0.4, -0.2) is 5.78 Å². The molecule has 0 atom stereocenters. The number of benzene rings is 3. The van der Waals surface area contributed by atoms with Crippen LogP contribution >= 0.6 is 27.5 Å². The van der Waals surface area contributed by atoms with E-state index in [2.05, 4.69) is 15.9 Å². The second-order valence-corrected chi connectivity index (χ2v) is 5.99. The normalized spacial score (nSPS) is 10.8. The number of fused-ring (bicyclic) bond motifs is 1. The number of hydrogen-bond acceptors (Lipinski definition) is 2. The van der Waals surface area contributed by atoms with Gasteiger partial charge in [-0.15, -0.1) is 0 Å².